The molecule has 0 aliphatic rings. The third-order valence-electron chi connectivity index (χ3n) is 3.23. The molecule has 0 spiro atoms. The second kappa shape index (κ2) is 7.95. The van der Waals surface area contributed by atoms with Gasteiger partial charge in [0.15, 0.2) is 5.82 Å². The first-order chi connectivity index (χ1) is 10.7. The van der Waals surface area contributed by atoms with Crippen LogP contribution in [0.5, 0.6) is 0 Å². The van der Waals surface area contributed by atoms with Gasteiger partial charge in [-0.2, -0.15) is 0 Å². The van der Waals surface area contributed by atoms with E-state index in [-0.39, 0.29) is 0 Å². The van der Waals surface area contributed by atoms with Gasteiger partial charge in [-0.25, -0.2) is 18.7 Å². The number of nitrogens with zero attached hydrogens (tertiary/aromatic N) is 3. The zero-order valence-electron chi connectivity index (χ0n) is 12.6. The number of benzene rings is 1. The minimum atomic E-state index is -2.71. The van der Waals surface area contributed by atoms with Crippen molar-refractivity contribution in [1.29, 1.82) is 0 Å². The van der Waals surface area contributed by atoms with Crippen LogP contribution in [0.3, 0.4) is 0 Å². The van der Waals surface area contributed by atoms with Crippen molar-refractivity contribution in [2.75, 3.05) is 45.4 Å². The molecule has 5 nitrogen and oxygen atoms in total. The van der Waals surface area contributed by atoms with Crippen LogP contribution in [0.15, 0.2) is 24.3 Å². The summed E-state index contributed by atoms with van der Waals surface area (Å²) >= 11 is 0. The van der Waals surface area contributed by atoms with Gasteiger partial charge in [0.2, 0.25) is 0 Å². The number of methoxy groups -OCH3 is 2. The van der Waals surface area contributed by atoms with Gasteiger partial charge in [-0.3, -0.25) is 0 Å². The van der Waals surface area contributed by atoms with Crippen molar-refractivity contribution in [2.24, 2.45) is 0 Å². The van der Waals surface area contributed by atoms with E-state index in [0.717, 1.165) is 5.39 Å². The van der Waals surface area contributed by atoms with Crippen molar-refractivity contribution in [3.63, 3.8) is 0 Å². The molecule has 1 aromatic heterocycles. The van der Waals surface area contributed by atoms with Gasteiger partial charge in [0, 0.05) is 32.7 Å². The Morgan fingerprint density at radius 2 is 1.68 bits per heavy atom. The molecule has 0 radical (unpaired) electrons. The summed E-state index contributed by atoms with van der Waals surface area (Å²) < 4.78 is 36.3. The molecule has 7 heteroatoms. The van der Waals surface area contributed by atoms with Gasteiger partial charge in [0.25, 0.3) is 6.43 Å². The number of ether oxygens (including phenoxy) is 2. The first-order valence-electron chi connectivity index (χ1n) is 6.95. The van der Waals surface area contributed by atoms with E-state index in [4.69, 9.17) is 9.47 Å². The zero-order valence-corrected chi connectivity index (χ0v) is 12.6. The number of rotatable bonds is 8. The summed E-state index contributed by atoms with van der Waals surface area (Å²) in [4.78, 5) is 9.87. The Hall–Kier alpha value is -1.86. The van der Waals surface area contributed by atoms with Gasteiger partial charge in [-0.05, 0) is 12.1 Å². The molecule has 0 saturated heterocycles. The number of hydrogen-bond donors (Lipinski definition) is 0. The molecule has 0 atom stereocenters. The Labute approximate surface area is 127 Å². The van der Waals surface area contributed by atoms with Crippen molar-refractivity contribution in [1.82, 2.24) is 9.97 Å². The molecule has 0 bridgehead atoms. The minimum Gasteiger partial charge on any atom is -0.383 e. The third kappa shape index (κ3) is 3.86. The summed E-state index contributed by atoms with van der Waals surface area (Å²) in [7, 11) is 3.19. The quantitative estimate of drug-likeness (QED) is 0.750. The van der Waals surface area contributed by atoms with Gasteiger partial charge in [0.05, 0.1) is 18.7 Å². The Balaban J connectivity index is 2.47. The predicted octanol–water partition coefficient (Wildman–Crippen LogP) is 2.67. The molecule has 120 valence electrons. The maximum atomic E-state index is 13.0. The molecule has 0 amide bonds. The summed E-state index contributed by atoms with van der Waals surface area (Å²) in [5.41, 5.74) is 0.502. The monoisotopic (exact) mass is 311 g/mol. The summed E-state index contributed by atoms with van der Waals surface area (Å²) in [5, 5.41) is 0.735. The van der Waals surface area contributed by atoms with Crippen LogP contribution >= 0.6 is 0 Å². The fourth-order valence-electron chi connectivity index (χ4n) is 2.14. The third-order valence-corrected chi connectivity index (χ3v) is 3.23. The van der Waals surface area contributed by atoms with Gasteiger partial charge in [0.1, 0.15) is 5.82 Å². The lowest BCUT2D eigenvalue weighted by atomic mass is 10.2. The maximum Gasteiger partial charge on any atom is 0.297 e. The average Bonchev–Trinajstić information content (AvgIpc) is 2.54. The van der Waals surface area contributed by atoms with Gasteiger partial charge in [-0.15, -0.1) is 0 Å². The Bertz CT molecular complexity index is 602. The van der Waals surface area contributed by atoms with Crippen LogP contribution in [0, 0.1) is 0 Å². The lowest BCUT2D eigenvalue weighted by Gasteiger charge is -2.24. The van der Waals surface area contributed by atoms with E-state index in [9.17, 15) is 8.78 Å². The highest BCUT2D eigenvalue weighted by molar-refractivity contribution is 5.89. The molecule has 2 rings (SSSR count). The first kappa shape index (κ1) is 16.5. The second-order valence-corrected chi connectivity index (χ2v) is 4.70. The number of aromatic nitrogens is 2. The van der Waals surface area contributed by atoms with Crippen LogP contribution in [0.2, 0.25) is 0 Å². The fraction of sp³-hybridized carbons (Fsp3) is 0.467. The standard InChI is InChI=1S/C15H19F2N3O2/c1-21-9-7-20(8-10-22-2)15-11-5-3-4-6-12(11)18-14(19-15)13(16)17/h3-6,13H,7-10H2,1-2H3. The molecular weight excluding hydrogens is 292 g/mol. The van der Waals surface area contributed by atoms with Crippen LogP contribution in [-0.4, -0.2) is 50.5 Å². The number of fused-ring (bicyclic) bond motifs is 1. The van der Waals surface area contributed by atoms with E-state index in [0.29, 0.717) is 37.6 Å². The minimum absolute atomic E-state index is 0.464. The Kier molecular flexibility index (Phi) is 5.97. The SMILES string of the molecule is COCCN(CCOC)c1nc(C(F)F)nc2ccccc12. The molecule has 22 heavy (non-hydrogen) atoms. The molecule has 0 aliphatic carbocycles. The van der Waals surface area contributed by atoms with Crippen molar-refractivity contribution < 1.29 is 18.3 Å². The van der Waals surface area contributed by atoms with Crippen molar-refractivity contribution in [3.05, 3.63) is 30.1 Å². The topological polar surface area (TPSA) is 47.5 Å². The Morgan fingerprint density at radius 3 is 2.27 bits per heavy atom. The fourth-order valence-corrected chi connectivity index (χ4v) is 2.14. The van der Waals surface area contributed by atoms with E-state index < -0.39 is 12.2 Å². The van der Waals surface area contributed by atoms with Crippen LogP contribution in [-0.2, 0) is 9.47 Å². The van der Waals surface area contributed by atoms with E-state index in [2.05, 4.69) is 9.97 Å². The van der Waals surface area contributed by atoms with E-state index in [1.54, 1.807) is 26.4 Å². The summed E-state index contributed by atoms with van der Waals surface area (Å²) in [6.07, 6.45) is -2.71. The lowest BCUT2D eigenvalue weighted by Crippen LogP contribution is -2.32. The first-order valence-corrected chi connectivity index (χ1v) is 6.95. The highest BCUT2D eigenvalue weighted by Crippen LogP contribution is 2.27. The smallest absolute Gasteiger partial charge is 0.297 e. The predicted molar refractivity (Wildman–Crippen MR) is 80.5 cm³/mol. The lowest BCUT2D eigenvalue weighted by molar-refractivity contribution is 0.140. The highest BCUT2D eigenvalue weighted by Gasteiger charge is 2.18. The zero-order chi connectivity index (χ0) is 15.9. The van der Waals surface area contributed by atoms with Crippen LogP contribution in [0.25, 0.3) is 10.9 Å². The molecule has 1 heterocycles. The second-order valence-electron chi connectivity index (χ2n) is 4.70. The molecule has 1 aromatic carbocycles. The number of halogens is 2. The van der Waals surface area contributed by atoms with Crippen LogP contribution in [0.4, 0.5) is 14.6 Å². The number of hydrogen-bond acceptors (Lipinski definition) is 5. The largest absolute Gasteiger partial charge is 0.383 e. The van der Waals surface area contributed by atoms with Gasteiger partial charge < -0.3 is 14.4 Å². The average molecular weight is 311 g/mol. The van der Waals surface area contributed by atoms with E-state index in [1.165, 1.54) is 0 Å². The molecule has 0 fully saturated rings. The van der Waals surface area contributed by atoms with Crippen molar-refractivity contribution in [2.45, 2.75) is 6.43 Å². The Morgan fingerprint density at radius 1 is 1.05 bits per heavy atom. The van der Waals surface area contributed by atoms with Crippen LogP contribution in [0.1, 0.15) is 12.2 Å². The molecule has 0 aliphatic heterocycles. The highest BCUT2D eigenvalue weighted by atomic mass is 19.3. The summed E-state index contributed by atoms with van der Waals surface area (Å²) in [6.45, 7) is 1.99. The molecule has 0 saturated carbocycles. The number of alkyl halides is 2. The number of para-hydroxylation sites is 1. The molecule has 0 unspecified atom stereocenters. The molecule has 0 N–H and O–H groups in total. The van der Waals surface area contributed by atoms with Crippen molar-refractivity contribution in [3.8, 4) is 0 Å². The van der Waals surface area contributed by atoms with Gasteiger partial charge >= 0.3 is 0 Å². The van der Waals surface area contributed by atoms with E-state index in [1.807, 2.05) is 17.0 Å². The van der Waals surface area contributed by atoms with E-state index >= 15 is 0 Å². The van der Waals surface area contributed by atoms with Gasteiger partial charge in [-0.1, -0.05) is 12.1 Å². The number of anilines is 1. The summed E-state index contributed by atoms with van der Waals surface area (Å²) in [6, 6.07) is 7.13. The normalized spacial score (nSPS) is 11.3. The summed E-state index contributed by atoms with van der Waals surface area (Å²) in [5.74, 6) is 0.0172. The van der Waals surface area contributed by atoms with Crippen LogP contribution < -0.4 is 4.90 Å². The van der Waals surface area contributed by atoms with Crippen molar-refractivity contribution >= 4 is 16.7 Å². The molecule has 2 aromatic rings. The molecular formula is C15H19F2N3O2. The maximum absolute atomic E-state index is 13.0.